The summed E-state index contributed by atoms with van der Waals surface area (Å²) in [4.78, 5) is 2.73. The molecule has 0 aliphatic rings. The molecule has 0 aliphatic heterocycles. The molecule has 0 saturated carbocycles. The molecule has 0 saturated heterocycles. The quantitative estimate of drug-likeness (QED) is 0.565. The smallest absolute Gasteiger partial charge is 0.196 e. The maximum Gasteiger partial charge on any atom is 0.196 e. The average molecular weight is 133 g/mol. The minimum atomic E-state index is 0.246. The highest BCUT2D eigenvalue weighted by atomic mass is 16.3. The first-order chi connectivity index (χ1) is 4.88. The van der Waals surface area contributed by atoms with Crippen molar-refractivity contribution in [3.8, 4) is 5.88 Å². The van der Waals surface area contributed by atoms with E-state index in [-0.39, 0.29) is 5.88 Å². The lowest BCUT2D eigenvalue weighted by Crippen LogP contribution is -1.61. The summed E-state index contributed by atoms with van der Waals surface area (Å²) in [6, 6.07) is 7.66. The van der Waals surface area contributed by atoms with Crippen LogP contribution in [0, 0.1) is 0 Å². The van der Waals surface area contributed by atoms with Gasteiger partial charge in [-0.3, -0.25) is 0 Å². The van der Waals surface area contributed by atoms with E-state index >= 15 is 0 Å². The summed E-state index contributed by atoms with van der Waals surface area (Å²) in [5.74, 6) is 0.246. The number of benzene rings is 1. The molecule has 2 heteroatoms. The first kappa shape index (κ1) is 5.35. The standard InChI is InChI=1S/C8H7NO/c10-8-7-4-2-1-3-6(7)5-9-8/h1-5,9-10H. The molecule has 50 valence electrons. The summed E-state index contributed by atoms with van der Waals surface area (Å²) < 4.78 is 0. The molecule has 0 spiro atoms. The highest BCUT2D eigenvalue weighted by molar-refractivity contribution is 5.87. The van der Waals surface area contributed by atoms with Crippen LogP contribution in [0.5, 0.6) is 5.88 Å². The van der Waals surface area contributed by atoms with Crippen LogP contribution in [0.25, 0.3) is 10.8 Å². The van der Waals surface area contributed by atoms with Gasteiger partial charge in [0, 0.05) is 17.0 Å². The fourth-order valence-corrected chi connectivity index (χ4v) is 1.06. The maximum atomic E-state index is 9.16. The third kappa shape index (κ3) is 0.589. The zero-order valence-corrected chi connectivity index (χ0v) is 5.33. The number of aromatic nitrogens is 1. The van der Waals surface area contributed by atoms with Crippen LogP contribution in [0.1, 0.15) is 0 Å². The second-order valence-corrected chi connectivity index (χ2v) is 2.22. The number of nitrogens with one attached hydrogen (secondary N) is 1. The van der Waals surface area contributed by atoms with Crippen molar-refractivity contribution in [2.45, 2.75) is 0 Å². The molecule has 0 unspecified atom stereocenters. The topological polar surface area (TPSA) is 36.0 Å². The second-order valence-electron chi connectivity index (χ2n) is 2.22. The third-order valence-electron chi connectivity index (χ3n) is 1.58. The molecule has 0 atom stereocenters. The molecule has 0 aliphatic carbocycles. The molecule has 10 heavy (non-hydrogen) atoms. The van der Waals surface area contributed by atoms with Crippen LogP contribution in [-0.4, -0.2) is 10.1 Å². The third-order valence-corrected chi connectivity index (χ3v) is 1.58. The van der Waals surface area contributed by atoms with E-state index in [1.807, 2.05) is 24.3 Å². The highest BCUT2D eigenvalue weighted by Crippen LogP contribution is 2.21. The van der Waals surface area contributed by atoms with Crippen molar-refractivity contribution in [2.24, 2.45) is 0 Å². The highest BCUT2D eigenvalue weighted by Gasteiger charge is 1.97. The van der Waals surface area contributed by atoms with Crippen molar-refractivity contribution in [3.63, 3.8) is 0 Å². The van der Waals surface area contributed by atoms with E-state index in [1.165, 1.54) is 0 Å². The largest absolute Gasteiger partial charge is 0.494 e. The monoisotopic (exact) mass is 133 g/mol. The Hall–Kier alpha value is -1.44. The summed E-state index contributed by atoms with van der Waals surface area (Å²) in [6.45, 7) is 0. The van der Waals surface area contributed by atoms with Crippen LogP contribution in [0.3, 0.4) is 0 Å². The van der Waals surface area contributed by atoms with E-state index in [0.29, 0.717) is 0 Å². The van der Waals surface area contributed by atoms with Gasteiger partial charge in [0.05, 0.1) is 0 Å². The number of rotatable bonds is 0. The Kier molecular flexibility index (Phi) is 0.947. The van der Waals surface area contributed by atoms with Gasteiger partial charge in [-0.15, -0.1) is 0 Å². The van der Waals surface area contributed by atoms with Gasteiger partial charge in [-0.1, -0.05) is 18.2 Å². The zero-order chi connectivity index (χ0) is 6.97. The normalized spacial score (nSPS) is 10.4. The number of hydrogen-bond acceptors (Lipinski definition) is 1. The Morgan fingerprint density at radius 2 is 2.00 bits per heavy atom. The van der Waals surface area contributed by atoms with E-state index in [4.69, 9.17) is 5.11 Å². The van der Waals surface area contributed by atoms with E-state index in [2.05, 4.69) is 4.98 Å². The minimum Gasteiger partial charge on any atom is -0.494 e. The predicted octanol–water partition coefficient (Wildman–Crippen LogP) is 1.87. The van der Waals surface area contributed by atoms with Gasteiger partial charge in [-0.2, -0.15) is 0 Å². The molecule has 1 heterocycles. The second kappa shape index (κ2) is 1.77. The van der Waals surface area contributed by atoms with Crippen LogP contribution >= 0.6 is 0 Å². The van der Waals surface area contributed by atoms with Crippen LogP contribution in [0.2, 0.25) is 0 Å². The van der Waals surface area contributed by atoms with Crippen molar-refractivity contribution in [1.82, 2.24) is 4.98 Å². The van der Waals surface area contributed by atoms with E-state index in [1.54, 1.807) is 6.20 Å². The first-order valence-corrected chi connectivity index (χ1v) is 3.13. The number of aromatic hydroxyl groups is 1. The van der Waals surface area contributed by atoms with E-state index < -0.39 is 0 Å². The lowest BCUT2D eigenvalue weighted by Gasteiger charge is -1.85. The fourth-order valence-electron chi connectivity index (χ4n) is 1.06. The van der Waals surface area contributed by atoms with Crippen LogP contribution in [0.15, 0.2) is 30.5 Å². The fraction of sp³-hybridized carbons (Fsp3) is 0. The van der Waals surface area contributed by atoms with Gasteiger partial charge >= 0.3 is 0 Å². The van der Waals surface area contributed by atoms with Gasteiger partial charge in [0.1, 0.15) is 0 Å². The summed E-state index contributed by atoms with van der Waals surface area (Å²) in [6.07, 6.45) is 1.78. The molecule has 2 rings (SSSR count). The van der Waals surface area contributed by atoms with Crippen LogP contribution in [-0.2, 0) is 0 Å². The van der Waals surface area contributed by atoms with Crippen LogP contribution < -0.4 is 0 Å². The lowest BCUT2D eigenvalue weighted by atomic mass is 10.2. The van der Waals surface area contributed by atoms with Gasteiger partial charge in [0.2, 0.25) is 0 Å². The molecule has 2 aromatic rings. The lowest BCUT2D eigenvalue weighted by molar-refractivity contribution is 0.462. The van der Waals surface area contributed by atoms with Gasteiger partial charge in [-0.05, 0) is 6.07 Å². The predicted molar refractivity (Wildman–Crippen MR) is 40.0 cm³/mol. The molecule has 0 amide bonds. The van der Waals surface area contributed by atoms with Gasteiger partial charge < -0.3 is 10.1 Å². The summed E-state index contributed by atoms with van der Waals surface area (Å²) in [5.41, 5.74) is 0. The number of fused-ring (bicyclic) bond motifs is 1. The molecule has 1 aromatic carbocycles. The van der Waals surface area contributed by atoms with Gasteiger partial charge in [0.25, 0.3) is 0 Å². The molecule has 0 bridgehead atoms. The molecule has 0 fully saturated rings. The van der Waals surface area contributed by atoms with E-state index in [0.717, 1.165) is 10.8 Å². The Morgan fingerprint density at radius 3 is 2.80 bits per heavy atom. The number of hydrogen-bond donors (Lipinski definition) is 2. The summed E-state index contributed by atoms with van der Waals surface area (Å²) >= 11 is 0. The van der Waals surface area contributed by atoms with Crippen LogP contribution in [0.4, 0.5) is 0 Å². The SMILES string of the molecule is Oc1[nH]cc2ccccc12. The van der Waals surface area contributed by atoms with Crippen molar-refractivity contribution in [1.29, 1.82) is 0 Å². The average Bonchev–Trinajstić information content (AvgIpc) is 2.34. The van der Waals surface area contributed by atoms with E-state index in [9.17, 15) is 0 Å². The summed E-state index contributed by atoms with van der Waals surface area (Å²) in [7, 11) is 0. The Labute approximate surface area is 58.1 Å². The molecule has 2 nitrogen and oxygen atoms in total. The van der Waals surface area contributed by atoms with Crippen molar-refractivity contribution >= 4 is 10.8 Å². The number of aromatic amines is 1. The summed E-state index contributed by atoms with van der Waals surface area (Å²) in [5, 5.41) is 11.1. The molecular weight excluding hydrogens is 126 g/mol. The van der Waals surface area contributed by atoms with Crippen molar-refractivity contribution in [3.05, 3.63) is 30.5 Å². The first-order valence-electron chi connectivity index (χ1n) is 3.13. The number of H-pyrrole nitrogens is 1. The van der Waals surface area contributed by atoms with Gasteiger partial charge in [0.15, 0.2) is 5.88 Å². The van der Waals surface area contributed by atoms with Crippen molar-refractivity contribution in [2.75, 3.05) is 0 Å². The van der Waals surface area contributed by atoms with Gasteiger partial charge in [-0.25, -0.2) is 0 Å². The minimum absolute atomic E-state index is 0.246. The Bertz CT molecular complexity index is 351. The Balaban J connectivity index is 2.93. The maximum absolute atomic E-state index is 9.16. The van der Waals surface area contributed by atoms with Crippen molar-refractivity contribution < 1.29 is 5.11 Å². The molecular formula is C8H7NO. The molecule has 0 radical (unpaired) electrons. The molecule has 1 aromatic heterocycles. The molecule has 2 N–H and O–H groups in total. The zero-order valence-electron chi connectivity index (χ0n) is 5.33. The Morgan fingerprint density at radius 1 is 1.20 bits per heavy atom.